The molecule has 1 heterocycles. The van der Waals surface area contributed by atoms with Crippen molar-refractivity contribution < 1.29 is 15.0 Å². The minimum absolute atomic E-state index is 0.374. The van der Waals surface area contributed by atoms with Gasteiger partial charge in [-0.2, -0.15) is 0 Å². The van der Waals surface area contributed by atoms with Crippen molar-refractivity contribution >= 4 is 16.9 Å². The first-order valence-corrected chi connectivity index (χ1v) is 6.78. The molecule has 1 saturated heterocycles. The van der Waals surface area contributed by atoms with Crippen molar-refractivity contribution in [3.8, 4) is 0 Å². The molecule has 0 aliphatic carbocycles. The molecule has 0 spiro atoms. The minimum Gasteiger partial charge on any atom is -0.465 e. The van der Waals surface area contributed by atoms with E-state index >= 15 is 0 Å². The van der Waals surface area contributed by atoms with Crippen LogP contribution < -0.4 is 0 Å². The summed E-state index contributed by atoms with van der Waals surface area (Å²) in [5.74, 6) is 0. The number of hydrogen-bond acceptors (Lipinski definition) is 2. The highest BCUT2D eigenvalue weighted by Gasteiger charge is 2.35. The summed E-state index contributed by atoms with van der Waals surface area (Å²) in [6.07, 6.45) is -0.0273. The van der Waals surface area contributed by atoms with Crippen molar-refractivity contribution in [2.75, 3.05) is 13.1 Å². The largest absolute Gasteiger partial charge is 0.465 e. The lowest BCUT2D eigenvalue weighted by atomic mass is 9.83. The third-order valence-corrected chi connectivity index (χ3v) is 4.15. The summed E-state index contributed by atoms with van der Waals surface area (Å²) in [7, 11) is 0. The monoisotopic (exact) mass is 271 g/mol. The van der Waals surface area contributed by atoms with Gasteiger partial charge < -0.3 is 15.1 Å². The Morgan fingerprint density at radius 1 is 1.05 bits per heavy atom. The highest BCUT2D eigenvalue weighted by Crippen LogP contribution is 2.34. The number of piperidine rings is 1. The van der Waals surface area contributed by atoms with Crippen LogP contribution in [0.25, 0.3) is 10.8 Å². The second kappa shape index (κ2) is 4.80. The van der Waals surface area contributed by atoms with E-state index in [0.29, 0.717) is 25.9 Å². The first-order valence-electron chi connectivity index (χ1n) is 6.78. The first kappa shape index (κ1) is 12.9. The fourth-order valence-corrected chi connectivity index (χ4v) is 2.84. The van der Waals surface area contributed by atoms with Crippen molar-refractivity contribution in [3.05, 3.63) is 48.0 Å². The number of benzene rings is 2. The Kier molecular flexibility index (Phi) is 3.10. The molecule has 1 aliphatic heterocycles. The lowest BCUT2D eigenvalue weighted by Crippen LogP contribution is -2.44. The molecule has 1 amide bonds. The number of carboxylic acid groups (broad SMARTS) is 1. The molecule has 4 nitrogen and oxygen atoms in total. The number of amides is 1. The summed E-state index contributed by atoms with van der Waals surface area (Å²) < 4.78 is 0. The summed E-state index contributed by atoms with van der Waals surface area (Å²) in [6, 6.07) is 14.0. The maximum absolute atomic E-state index is 10.9. The maximum atomic E-state index is 10.9. The van der Waals surface area contributed by atoms with Gasteiger partial charge in [-0.15, -0.1) is 0 Å². The normalized spacial score (nSPS) is 18.1. The number of likely N-dealkylation sites (tertiary alicyclic amines) is 1. The highest BCUT2D eigenvalue weighted by molar-refractivity contribution is 5.83. The van der Waals surface area contributed by atoms with E-state index < -0.39 is 11.7 Å². The average molecular weight is 271 g/mol. The van der Waals surface area contributed by atoms with Crippen LogP contribution in [0.5, 0.6) is 0 Å². The Bertz CT molecular complexity index is 645. The van der Waals surface area contributed by atoms with E-state index in [1.807, 2.05) is 42.5 Å². The predicted octanol–water partition coefficient (Wildman–Crippen LogP) is 2.80. The number of fused-ring (bicyclic) bond motifs is 1. The van der Waals surface area contributed by atoms with Gasteiger partial charge in [0.25, 0.3) is 0 Å². The van der Waals surface area contributed by atoms with Gasteiger partial charge in [0.1, 0.15) is 0 Å². The maximum Gasteiger partial charge on any atom is 0.407 e. The van der Waals surface area contributed by atoms with Gasteiger partial charge in [-0.1, -0.05) is 36.4 Å². The smallest absolute Gasteiger partial charge is 0.407 e. The first-order chi connectivity index (χ1) is 9.58. The average Bonchev–Trinajstić information content (AvgIpc) is 2.47. The third kappa shape index (κ3) is 2.23. The summed E-state index contributed by atoms with van der Waals surface area (Å²) in [5.41, 5.74) is -0.0445. The van der Waals surface area contributed by atoms with E-state index in [-0.39, 0.29) is 0 Å². The van der Waals surface area contributed by atoms with Crippen LogP contribution in [0.4, 0.5) is 4.79 Å². The number of aliphatic hydroxyl groups is 1. The zero-order valence-corrected chi connectivity index (χ0v) is 11.1. The summed E-state index contributed by atoms with van der Waals surface area (Å²) in [5, 5.41) is 22.0. The van der Waals surface area contributed by atoms with E-state index in [1.165, 1.54) is 4.90 Å². The number of rotatable bonds is 1. The fourth-order valence-electron chi connectivity index (χ4n) is 2.84. The van der Waals surface area contributed by atoms with E-state index in [4.69, 9.17) is 5.11 Å². The van der Waals surface area contributed by atoms with Gasteiger partial charge in [-0.3, -0.25) is 0 Å². The van der Waals surface area contributed by atoms with Crippen LogP contribution in [0.1, 0.15) is 18.4 Å². The molecule has 2 aromatic rings. The zero-order valence-electron chi connectivity index (χ0n) is 11.1. The molecule has 0 atom stereocenters. The van der Waals surface area contributed by atoms with E-state index in [9.17, 15) is 9.90 Å². The zero-order chi connectivity index (χ0) is 14.2. The second-order valence-electron chi connectivity index (χ2n) is 5.36. The van der Waals surface area contributed by atoms with Crippen molar-refractivity contribution in [2.45, 2.75) is 18.4 Å². The minimum atomic E-state index is -0.921. The molecule has 4 heteroatoms. The van der Waals surface area contributed by atoms with Gasteiger partial charge in [-0.25, -0.2) is 4.79 Å². The summed E-state index contributed by atoms with van der Waals surface area (Å²) in [6.45, 7) is 0.747. The number of carbonyl (C=O) groups is 1. The van der Waals surface area contributed by atoms with Gasteiger partial charge in [0, 0.05) is 13.1 Å². The van der Waals surface area contributed by atoms with Crippen molar-refractivity contribution in [1.29, 1.82) is 0 Å². The Morgan fingerprint density at radius 2 is 1.70 bits per heavy atom. The molecular weight excluding hydrogens is 254 g/mol. The van der Waals surface area contributed by atoms with Crippen molar-refractivity contribution in [3.63, 3.8) is 0 Å². The Morgan fingerprint density at radius 3 is 2.35 bits per heavy atom. The van der Waals surface area contributed by atoms with Crippen LogP contribution in [0.2, 0.25) is 0 Å². The molecule has 2 aromatic carbocycles. The molecular formula is C16H17NO3. The SMILES string of the molecule is O=C(O)N1CCC(O)(c2ccc3ccccc3c2)CC1. The van der Waals surface area contributed by atoms with Crippen molar-refractivity contribution in [1.82, 2.24) is 4.90 Å². The molecule has 2 N–H and O–H groups in total. The summed E-state index contributed by atoms with van der Waals surface area (Å²) >= 11 is 0. The molecule has 1 aliphatic rings. The van der Waals surface area contributed by atoms with Gasteiger partial charge in [0.2, 0.25) is 0 Å². The van der Waals surface area contributed by atoms with Crippen molar-refractivity contribution in [2.24, 2.45) is 0 Å². The van der Waals surface area contributed by atoms with Crippen LogP contribution in [-0.4, -0.2) is 34.3 Å². The fraction of sp³-hybridized carbons (Fsp3) is 0.312. The Balaban J connectivity index is 1.89. The molecule has 0 saturated carbocycles. The van der Waals surface area contributed by atoms with E-state index in [1.54, 1.807) is 0 Å². The molecule has 20 heavy (non-hydrogen) atoms. The van der Waals surface area contributed by atoms with Gasteiger partial charge in [0.05, 0.1) is 5.60 Å². The number of hydrogen-bond donors (Lipinski definition) is 2. The summed E-state index contributed by atoms with van der Waals surface area (Å²) in [4.78, 5) is 12.3. The van der Waals surface area contributed by atoms with E-state index in [2.05, 4.69) is 0 Å². The topological polar surface area (TPSA) is 60.8 Å². The van der Waals surface area contributed by atoms with Crippen LogP contribution in [0.15, 0.2) is 42.5 Å². The van der Waals surface area contributed by atoms with Gasteiger partial charge in [-0.05, 0) is 35.2 Å². The van der Waals surface area contributed by atoms with Gasteiger partial charge in [0.15, 0.2) is 0 Å². The van der Waals surface area contributed by atoms with Gasteiger partial charge >= 0.3 is 6.09 Å². The molecule has 3 rings (SSSR count). The van der Waals surface area contributed by atoms with Crippen LogP contribution >= 0.6 is 0 Å². The second-order valence-corrected chi connectivity index (χ2v) is 5.36. The van der Waals surface area contributed by atoms with E-state index in [0.717, 1.165) is 16.3 Å². The molecule has 1 fully saturated rings. The van der Waals surface area contributed by atoms with Crippen LogP contribution in [0, 0.1) is 0 Å². The molecule has 0 radical (unpaired) electrons. The standard InChI is InChI=1S/C16H17NO3/c18-15(19)17-9-7-16(20,8-10-17)14-6-5-12-3-1-2-4-13(12)11-14/h1-6,11,20H,7-10H2,(H,18,19). The Hall–Kier alpha value is -2.07. The molecule has 0 unspecified atom stereocenters. The van der Waals surface area contributed by atoms with Crippen LogP contribution in [-0.2, 0) is 5.60 Å². The third-order valence-electron chi connectivity index (χ3n) is 4.15. The molecule has 0 aromatic heterocycles. The number of nitrogens with zero attached hydrogens (tertiary/aromatic N) is 1. The predicted molar refractivity (Wildman–Crippen MR) is 76.7 cm³/mol. The highest BCUT2D eigenvalue weighted by atomic mass is 16.4. The quantitative estimate of drug-likeness (QED) is 0.838. The van der Waals surface area contributed by atoms with Crippen LogP contribution in [0.3, 0.4) is 0 Å². The molecule has 104 valence electrons. The lowest BCUT2D eigenvalue weighted by Gasteiger charge is -2.37. The lowest BCUT2D eigenvalue weighted by molar-refractivity contribution is -0.0212. The Labute approximate surface area is 117 Å². The molecule has 0 bridgehead atoms.